The lowest BCUT2D eigenvalue weighted by Gasteiger charge is -2.38. The number of nitrogens with zero attached hydrogens (tertiary/aromatic N) is 2. The van der Waals surface area contributed by atoms with Gasteiger partial charge in [-0.15, -0.1) is 0 Å². The fraction of sp³-hybridized carbons (Fsp3) is 0.467. The topological polar surface area (TPSA) is 60.9 Å². The first-order chi connectivity index (χ1) is 9.54. The number of hydrogen-bond donors (Lipinski definition) is 1. The maximum absolute atomic E-state index is 11.6. The van der Waals surface area contributed by atoms with Gasteiger partial charge >= 0.3 is 5.97 Å². The number of carbonyl (C=O) groups excluding carboxylic acids is 1. The Balaban J connectivity index is 1.94. The zero-order valence-corrected chi connectivity index (χ0v) is 11.5. The normalized spacial score (nSPS) is 20.9. The Morgan fingerprint density at radius 1 is 1.35 bits per heavy atom. The average molecular weight is 274 g/mol. The summed E-state index contributed by atoms with van der Waals surface area (Å²) < 4.78 is 0. The average Bonchev–Trinajstić information content (AvgIpc) is 2.68. The molecule has 3 rings (SSSR count). The summed E-state index contributed by atoms with van der Waals surface area (Å²) in [6, 6.07) is 7.61. The summed E-state index contributed by atoms with van der Waals surface area (Å²) in [5.74, 6) is -0.654. The number of carboxylic acid groups (broad SMARTS) is 1. The van der Waals surface area contributed by atoms with Gasteiger partial charge in [0.15, 0.2) is 0 Å². The van der Waals surface area contributed by atoms with Crippen LogP contribution in [0.1, 0.15) is 31.2 Å². The first-order valence-corrected chi connectivity index (χ1v) is 6.92. The number of aliphatic carboxylic acids is 1. The fourth-order valence-corrected chi connectivity index (χ4v) is 3.07. The minimum absolute atomic E-state index is 0.0898. The van der Waals surface area contributed by atoms with Crippen LogP contribution in [0.4, 0.5) is 5.69 Å². The smallest absolute Gasteiger partial charge is 0.314 e. The minimum Gasteiger partial charge on any atom is -0.481 e. The van der Waals surface area contributed by atoms with E-state index < -0.39 is 11.4 Å². The van der Waals surface area contributed by atoms with Crippen molar-refractivity contribution in [3.8, 4) is 0 Å². The van der Waals surface area contributed by atoms with E-state index in [9.17, 15) is 14.7 Å². The van der Waals surface area contributed by atoms with Gasteiger partial charge in [-0.3, -0.25) is 19.6 Å². The molecule has 0 spiro atoms. The molecule has 1 aliphatic carbocycles. The molecule has 0 aromatic heterocycles. The monoisotopic (exact) mass is 274 g/mol. The SMILES string of the molecule is CN1C(=O)CCN1c1cccc(C2(C(=O)O)CCC2)c1. The molecule has 0 radical (unpaired) electrons. The van der Waals surface area contributed by atoms with Gasteiger partial charge in [-0.05, 0) is 30.5 Å². The number of carboxylic acids is 1. The van der Waals surface area contributed by atoms with Gasteiger partial charge in [-0.1, -0.05) is 18.6 Å². The maximum atomic E-state index is 11.6. The van der Waals surface area contributed by atoms with Crippen molar-refractivity contribution in [2.45, 2.75) is 31.1 Å². The molecule has 1 aromatic carbocycles. The second-order valence-electron chi connectivity index (χ2n) is 5.58. The van der Waals surface area contributed by atoms with Crippen molar-refractivity contribution in [2.24, 2.45) is 0 Å². The number of amides is 1. The fourth-order valence-electron chi connectivity index (χ4n) is 3.07. The highest BCUT2D eigenvalue weighted by Crippen LogP contribution is 2.44. The number of anilines is 1. The van der Waals surface area contributed by atoms with Crippen LogP contribution in [0, 0.1) is 0 Å². The highest BCUT2D eigenvalue weighted by atomic mass is 16.4. The molecule has 20 heavy (non-hydrogen) atoms. The summed E-state index contributed by atoms with van der Waals surface area (Å²) in [6.45, 7) is 0.652. The predicted molar refractivity (Wildman–Crippen MR) is 74.3 cm³/mol. The highest BCUT2D eigenvalue weighted by molar-refractivity contribution is 5.84. The third kappa shape index (κ3) is 1.77. The zero-order valence-electron chi connectivity index (χ0n) is 11.5. The quantitative estimate of drug-likeness (QED) is 0.912. The van der Waals surface area contributed by atoms with Crippen LogP contribution in [0.5, 0.6) is 0 Å². The zero-order chi connectivity index (χ0) is 14.3. The molecule has 2 fully saturated rings. The van der Waals surface area contributed by atoms with Crippen LogP contribution in [0.15, 0.2) is 24.3 Å². The molecule has 1 saturated carbocycles. The van der Waals surface area contributed by atoms with E-state index in [-0.39, 0.29) is 5.91 Å². The van der Waals surface area contributed by atoms with E-state index in [2.05, 4.69) is 0 Å². The number of hydrogen-bond acceptors (Lipinski definition) is 3. The number of rotatable bonds is 3. The molecule has 1 amide bonds. The van der Waals surface area contributed by atoms with Crippen LogP contribution >= 0.6 is 0 Å². The predicted octanol–water partition coefficient (Wildman–Crippen LogP) is 1.78. The van der Waals surface area contributed by atoms with Gasteiger partial charge in [0.25, 0.3) is 0 Å². The van der Waals surface area contributed by atoms with Gasteiger partial charge in [-0.25, -0.2) is 0 Å². The van der Waals surface area contributed by atoms with Crippen molar-refractivity contribution in [3.63, 3.8) is 0 Å². The largest absolute Gasteiger partial charge is 0.481 e. The molecule has 1 saturated heterocycles. The summed E-state index contributed by atoms with van der Waals surface area (Å²) in [6.07, 6.45) is 2.85. The molecular weight excluding hydrogens is 256 g/mol. The van der Waals surface area contributed by atoms with Gasteiger partial charge in [0, 0.05) is 20.0 Å². The van der Waals surface area contributed by atoms with Gasteiger partial charge < -0.3 is 5.11 Å². The summed E-state index contributed by atoms with van der Waals surface area (Å²) in [4.78, 5) is 23.2. The van der Waals surface area contributed by atoms with Crippen LogP contribution in [0.25, 0.3) is 0 Å². The first kappa shape index (κ1) is 13.0. The first-order valence-electron chi connectivity index (χ1n) is 6.92. The Bertz CT molecular complexity index is 566. The summed E-state index contributed by atoms with van der Waals surface area (Å²) in [5, 5.41) is 13.0. The van der Waals surface area contributed by atoms with Crippen molar-refractivity contribution in [2.75, 3.05) is 18.6 Å². The third-order valence-electron chi connectivity index (χ3n) is 4.57. The van der Waals surface area contributed by atoms with Crippen molar-refractivity contribution < 1.29 is 14.7 Å². The lowest BCUT2D eigenvalue weighted by molar-refractivity contribution is -0.147. The second-order valence-corrected chi connectivity index (χ2v) is 5.58. The van der Waals surface area contributed by atoms with Crippen molar-refractivity contribution in [1.82, 2.24) is 5.01 Å². The number of hydrazine groups is 1. The molecule has 1 heterocycles. The molecule has 0 unspecified atom stereocenters. The Morgan fingerprint density at radius 3 is 2.60 bits per heavy atom. The minimum atomic E-state index is -0.744. The molecule has 1 aliphatic heterocycles. The Kier molecular flexibility index (Phi) is 2.92. The van der Waals surface area contributed by atoms with E-state index in [1.54, 1.807) is 12.1 Å². The van der Waals surface area contributed by atoms with Gasteiger partial charge in [0.05, 0.1) is 11.1 Å². The van der Waals surface area contributed by atoms with Crippen LogP contribution < -0.4 is 5.01 Å². The molecule has 5 heteroatoms. The molecule has 1 N–H and O–H groups in total. The summed E-state index contributed by atoms with van der Waals surface area (Å²) in [7, 11) is 1.75. The van der Waals surface area contributed by atoms with E-state index in [1.807, 2.05) is 29.3 Å². The lowest BCUT2D eigenvalue weighted by Crippen LogP contribution is -2.42. The third-order valence-corrected chi connectivity index (χ3v) is 4.57. The summed E-state index contributed by atoms with van der Waals surface area (Å²) in [5.41, 5.74) is 1.02. The van der Waals surface area contributed by atoms with Gasteiger partial charge in [-0.2, -0.15) is 0 Å². The Labute approximate surface area is 117 Å². The standard InChI is InChI=1S/C15H18N2O3/c1-16-13(18)6-9-17(16)12-5-2-4-11(10-12)15(14(19)20)7-3-8-15/h2,4-5,10H,3,6-9H2,1H3,(H,19,20). The molecule has 2 aliphatic rings. The van der Waals surface area contributed by atoms with E-state index in [4.69, 9.17) is 0 Å². The number of carbonyl (C=O) groups is 2. The van der Waals surface area contributed by atoms with Gasteiger partial charge in [0.2, 0.25) is 5.91 Å². The maximum Gasteiger partial charge on any atom is 0.314 e. The second kappa shape index (κ2) is 4.51. The van der Waals surface area contributed by atoms with Crippen molar-refractivity contribution in [3.05, 3.63) is 29.8 Å². The molecular formula is C15H18N2O3. The highest BCUT2D eigenvalue weighted by Gasteiger charge is 2.46. The Hall–Kier alpha value is -2.04. The van der Waals surface area contributed by atoms with Crippen LogP contribution in [0.2, 0.25) is 0 Å². The van der Waals surface area contributed by atoms with Crippen molar-refractivity contribution >= 4 is 17.6 Å². The van der Waals surface area contributed by atoms with Crippen LogP contribution in [0.3, 0.4) is 0 Å². The van der Waals surface area contributed by atoms with E-state index in [0.29, 0.717) is 25.8 Å². The molecule has 0 atom stereocenters. The van der Waals surface area contributed by atoms with E-state index >= 15 is 0 Å². The molecule has 1 aromatic rings. The lowest BCUT2D eigenvalue weighted by atomic mass is 9.64. The number of benzene rings is 1. The summed E-state index contributed by atoms with van der Waals surface area (Å²) >= 11 is 0. The van der Waals surface area contributed by atoms with Crippen LogP contribution in [-0.4, -0.2) is 35.6 Å². The molecule has 5 nitrogen and oxygen atoms in total. The Morgan fingerprint density at radius 2 is 2.10 bits per heavy atom. The van der Waals surface area contributed by atoms with Gasteiger partial charge in [0.1, 0.15) is 0 Å². The van der Waals surface area contributed by atoms with E-state index in [1.165, 1.54) is 0 Å². The van der Waals surface area contributed by atoms with Crippen molar-refractivity contribution in [1.29, 1.82) is 0 Å². The molecule has 0 bridgehead atoms. The molecule has 106 valence electrons. The van der Waals surface area contributed by atoms with E-state index in [0.717, 1.165) is 17.7 Å². The van der Waals surface area contributed by atoms with Crippen LogP contribution in [-0.2, 0) is 15.0 Å².